The van der Waals surface area contributed by atoms with Gasteiger partial charge in [0.05, 0.1) is 5.41 Å². The van der Waals surface area contributed by atoms with Gasteiger partial charge in [0.25, 0.3) is 0 Å². The zero-order valence-corrected chi connectivity index (χ0v) is 17.8. The highest BCUT2D eigenvalue weighted by Crippen LogP contribution is 2.63. The van der Waals surface area contributed by atoms with Crippen molar-refractivity contribution in [3.8, 4) is 22.3 Å². The Balaban J connectivity index is 1.61. The first-order valence-electron chi connectivity index (χ1n) is 11.3. The summed E-state index contributed by atoms with van der Waals surface area (Å²) in [7, 11) is 6.12. The number of hydrogen-bond acceptors (Lipinski definition) is 1. The number of benzene rings is 5. The van der Waals surface area contributed by atoms with Crippen LogP contribution in [0.3, 0.4) is 0 Å². The van der Waals surface area contributed by atoms with Crippen molar-refractivity contribution >= 4 is 35.2 Å². The van der Waals surface area contributed by atoms with E-state index in [1.807, 2.05) is 18.2 Å². The van der Waals surface area contributed by atoms with Gasteiger partial charge < -0.3 is 4.42 Å². The predicted octanol–water partition coefficient (Wildman–Crippen LogP) is 6.72. The third-order valence-electron chi connectivity index (χ3n) is 7.62. The molecular formula is C31H17BO. The Labute approximate surface area is 192 Å². The topological polar surface area (TPSA) is 13.1 Å². The van der Waals surface area contributed by atoms with Crippen LogP contribution in [0.15, 0.2) is 108 Å². The summed E-state index contributed by atoms with van der Waals surface area (Å²) < 4.78 is 6.53. The molecule has 1 spiro atoms. The van der Waals surface area contributed by atoms with E-state index in [9.17, 15) is 0 Å². The number of hydrogen-bond donors (Lipinski definition) is 0. The molecule has 0 bridgehead atoms. The SMILES string of the molecule is [B]c1ccc2oc3c4c(ccc3c2c1)C1(c2ccccc2-c2ccccc21)c1ccccc1-4. The zero-order chi connectivity index (χ0) is 21.7. The molecule has 2 aliphatic carbocycles. The van der Waals surface area contributed by atoms with Gasteiger partial charge in [0, 0.05) is 16.3 Å². The van der Waals surface area contributed by atoms with Crippen LogP contribution in [0.25, 0.3) is 44.2 Å². The van der Waals surface area contributed by atoms with Crippen molar-refractivity contribution in [2.24, 2.45) is 0 Å². The fraction of sp³-hybridized carbons (Fsp3) is 0.0323. The van der Waals surface area contributed by atoms with Crippen molar-refractivity contribution in [2.45, 2.75) is 5.41 Å². The summed E-state index contributed by atoms with van der Waals surface area (Å²) in [5, 5.41) is 2.18. The molecule has 2 radical (unpaired) electrons. The number of furan rings is 1. The fourth-order valence-corrected chi connectivity index (χ4v) is 6.43. The minimum atomic E-state index is -0.342. The monoisotopic (exact) mass is 416 g/mol. The Morgan fingerprint density at radius 1 is 0.545 bits per heavy atom. The van der Waals surface area contributed by atoms with E-state index in [-0.39, 0.29) is 5.41 Å². The Morgan fingerprint density at radius 2 is 1.15 bits per heavy atom. The zero-order valence-electron chi connectivity index (χ0n) is 17.8. The molecule has 1 nitrogen and oxygen atoms in total. The molecule has 1 aromatic heterocycles. The summed E-state index contributed by atoms with van der Waals surface area (Å²) in [5.74, 6) is 0. The molecule has 2 aliphatic rings. The van der Waals surface area contributed by atoms with Crippen LogP contribution in [0, 0.1) is 0 Å². The van der Waals surface area contributed by atoms with Crippen LogP contribution >= 0.6 is 0 Å². The Bertz CT molecular complexity index is 1740. The van der Waals surface area contributed by atoms with Crippen LogP contribution in [0.1, 0.15) is 22.3 Å². The van der Waals surface area contributed by atoms with Gasteiger partial charge in [0.15, 0.2) is 0 Å². The first-order valence-corrected chi connectivity index (χ1v) is 11.3. The summed E-state index contributed by atoms with van der Waals surface area (Å²) in [6.45, 7) is 0. The molecular weight excluding hydrogens is 399 g/mol. The highest BCUT2D eigenvalue weighted by Gasteiger charge is 2.52. The van der Waals surface area contributed by atoms with E-state index in [0.29, 0.717) is 0 Å². The van der Waals surface area contributed by atoms with Crippen LogP contribution in [-0.4, -0.2) is 7.85 Å². The van der Waals surface area contributed by atoms with Gasteiger partial charge >= 0.3 is 0 Å². The summed E-state index contributed by atoms with van der Waals surface area (Å²) in [6, 6.07) is 37.0. The smallest absolute Gasteiger partial charge is 0.143 e. The quantitative estimate of drug-likeness (QED) is 0.250. The van der Waals surface area contributed by atoms with E-state index in [1.54, 1.807) is 0 Å². The normalized spacial score (nSPS) is 14.4. The summed E-state index contributed by atoms with van der Waals surface area (Å²) in [6.07, 6.45) is 0. The van der Waals surface area contributed by atoms with Crippen molar-refractivity contribution in [3.63, 3.8) is 0 Å². The molecule has 150 valence electrons. The number of rotatable bonds is 0. The first-order chi connectivity index (χ1) is 16.3. The molecule has 0 atom stereocenters. The Morgan fingerprint density at radius 3 is 1.85 bits per heavy atom. The van der Waals surface area contributed by atoms with Gasteiger partial charge in [-0.2, -0.15) is 0 Å². The number of fused-ring (bicyclic) bond motifs is 14. The Kier molecular flexibility index (Phi) is 3.10. The lowest BCUT2D eigenvalue weighted by molar-refractivity contribution is 0.669. The van der Waals surface area contributed by atoms with Gasteiger partial charge in [0.2, 0.25) is 0 Å². The van der Waals surface area contributed by atoms with Crippen LogP contribution in [-0.2, 0) is 5.41 Å². The van der Waals surface area contributed by atoms with E-state index >= 15 is 0 Å². The largest absolute Gasteiger partial charge is 0.455 e. The second-order valence-electron chi connectivity index (χ2n) is 9.11. The molecule has 0 fully saturated rings. The molecule has 2 heteroatoms. The van der Waals surface area contributed by atoms with Crippen molar-refractivity contribution in [2.75, 3.05) is 0 Å². The molecule has 6 aromatic rings. The highest BCUT2D eigenvalue weighted by molar-refractivity contribution is 6.33. The minimum absolute atomic E-state index is 0.342. The van der Waals surface area contributed by atoms with Crippen molar-refractivity contribution < 1.29 is 4.42 Å². The molecule has 33 heavy (non-hydrogen) atoms. The lowest BCUT2D eigenvalue weighted by atomic mass is 9.70. The maximum Gasteiger partial charge on any atom is 0.143 e. The molecule has 0 saturated heterocycles. The second-order valence-corrected chi connectivity index (χ2v) is 9.11. The van der Waals surface area contributed by atoms with E-state index < -0.39 is 0 Å². The molecule has 5 aromatic carbocycles. The maximum absolute atomic E-state index is 6.53. The Hall–Kier alpha value is -4.04. The second kappa shape index (κ2) is 5.85. The fourth-order valence-electron chi connectivity index (χ4n) is 6.43. The van der Waals surface area contributed by atoms with Gasteiger partial charge in [-0.1, -0.05) is 103 Å². The third kappa shape index (κ3) is 1.92. The van der Waals surface area contributed by atoms with Crippen molar-refractivity contribution in [1.29, 1.82) is 0 Å². The predicted molar refractivity (Wildman–Crippen MR) is 135 cm³/mol. The average molecular weight is 416 g/mol. The van der Waals surface area contributed by atoms with Crippen molar-refractivity contribution in [3.05, 3.63) is 125 Å². The highest BCUT2D eigenvalue weighted by atomic mass is 16.3. The van der Waals surface area contributed by atoms with Gasteiger partial charge in [-0.05, 0) is 45.0 Å². The molecule has 1 heterocycles. The van der Waals surface area contributed by atoms with Crippen LogP contribution < -0.4 is 5.46 Å². The lowest BCUT2D eigenvalue weighted by Crippen LogP contribution is -2.25. The van der Waals surface area contributed by atoms with E-state index in [1.165, 1.54) is 44.5 Å². The maximum atomic E-state index is 6.53. The molecule has 0 saturated carbocycles. The summed E-state index contributed by atoms with van der Waals surface area (Å²) >= 11 is 0. The van der Waals surface area contributed by atoms with Crippen LogP contribution in [0.5, 0.6) is 0 Å². The summed E-state index contributed by atoms with van der Waals surface area (Å²) in [4.78, 5) is 0. The van der Waals surface area contributed by atoms with Crippen LogP contribution in [0.2, 0.25) is 0 Å². The average Bonchev–Trinajstić information content (AvgIpc) is 3.47. The van der Waals surface area contributed by atoms with Gasteiger partial charge in [0.1, 0.15) is 19.0 Å². The first kappa shape index (κ1) is 17.5. The van der Waals surface area contributed by atoms with E-state index in [2.05, 4.69) is 84.9 Å². The molecule has 0 unspecified atom stereocenters. The van der Waals surface area contributed by atoms with Gasteiger partial charge in [-0.3, -0.25) is 0 Å². The molecule has 0 N–H and O–H groups in total. The van der Waals surface area contributed by atoms with Gasteiger partial charge in [-0.15, -0.1) is 0 Å². The molecule has 8 rings (SSSR count). The standard InChI is InChI=1S/C31H17BO/c32-18-13-16-28-23(17-18)21-14-15-27-29(30(21)33-28)22-9-3-6-12-26(22)31(27)24-10-4-1-7-19(24)20-8-2-5-11-25(20)31/h1-17H. The van der Waals surface area contributed by atoms with Gasteiger partial charge in [-0.25, -0.2) is 0 Å². The minimum Gasteiger partial charge on any atom is -0.455 e. The summed E-state index contributed by atoms with van der Waals surface area (Å²) in [5.41, 5.74) is 12.6. The van der Waals surface area contributed by atoms with Crippen molar-refractivity contribution in [1.82, 2.24) is 0 Å². The third-order valence-corrected chi connectivity index (χ3v) is 7.62. The molecule has 0 amide bonds. The van der Waals surface area contributed by atoms with Crippen LogP contribution in [0.4, 0.5) is 0 Å². The van der Waals surface area contributed by atoms with E-state index in [4.69, 9.17) is 12.3 Å². The molecule has 0 aliphatic heterocycles. The lowest BCUT2D eigenvalue weighted by Gasteiger charge is -2.30. The van der Waals surface area contributed by atoms with E-state index in [0.717, 1.165) is 27.4 Å².